The van der Waals surface area contributed by atoms with E-state index in [2.05, 4.69) is 15.3 Å². The van der Waals surface area contributed by atoms with E-state index < -0.39 is 4.92 Å². The van der Waals surface area contributed by atoms with Crippen molar-refractivity contribution < 1.29 is 4.92 Å². The number of aromatic nitrogens is 2. The lowest BCUT2D eigenvalue weighted by atomic mass is 10.2. The van der Waals surface area contributed by atoms with Crippen LogP contribution in [0.1, 0.15) is 5.56 Å². The van der Waals surface area contributed by atoms with Gasteiger partial charge in [0.05, 0.1) is 4.92 Å². The molecule has 0 atom stereocenters. The molecule has 21 heavy (non-hydrogen) atoms. The van der Waals surface area contributed by atoms with Crippen LogP contribution in [0.5, 0.6) is 0 Å². The predicted octanol–water partition coefficient (Wildman–Crippen LogP) is 3.66. The summed E-state index contributed by atoms with van der Waals surface area (Å²) < 4.78 is 0. The lowest BCUT2D eigenvalue weighted by Gasteiger charge is -2.07. The summed E-state index contributed by atoms with van der Waals surface area (Å²) in [6.45, 7) is 1.85. The molecule has 1 N–H and O–H groups in total. The number of nitro groups is 1. The van der Waals surface area contributed by atoms with E-state index in [-0.39, 0.29) is 16.7 Å². The highest BCUT2D eigenvalue weighted by atomic mass is 35.5. The topological polar surface area (TPSA) is 105 Å². The van der Waals surface area contributed by atoms with Gasteiger partial charge in [-0.3, -0.25) is 10.1 Å². The van der Waals surface area contributed by atoms with Gasteiger partial charge in [-0.2, -0.15) is 10.2 Å². The van der Waals surface area contributed by atoms with Gasteiger partial charge in [-0.1, -0.05) is 11.6 Å². The first-order valence-corrected chi connectivity index (χ1v) is 6.81. The number of halogens is 1. The smallest absolute Gasteiger partial charge is 0.320 e. The monoisotopic (exact) mass is 321 g/mol. The van der Waals surface area contributed by atoms with Gasteiger partial charge < -0.3 is 5.32 Å². The number of nitrogens with one attached hydrogen (secondary N) is 1. The molecular formula is C12H8ClN5O2S. The molecule has 0 aliphatic carbocycles. The van der Waals surface area contributed by atoms with E-state index >= 15 is 0 Å². The highest BCUT2D eigenvalue weighted by Crippen LogP contribution is 2.28. The molecule has 0 unspecified atom stereocenters. The Morgan fingerprint density at radius 2 is 2.29 bits per heavy atom. The van der Waals surface area contributed by atoms with Crippen LogP contribution >= 0.6 is 23.4 Å². The maximum Gasteiger partial charge on any atom is 0.320 e. The van der Waals surface area contributed by atoms with E-state index in [0.29, 0.717) is 22.5 Å². The fraction of sp³-hybridized carbons (Fsp3) is 0.0833. The lowest BCUT2D eigenvalue weighted by molar-refractivity contribution is -0.388. The Bertz CT molecular complexity index is 747. The number of thioether (sulfide) groups is 1. The van der Waals surface area contributed by atoms with E-state index in [1.165, 1.54) is 0 Å². The molecule has 0 aliphatic rings. The van der Waals surface area contributed by atoms with Gasteiger partial charge in [0.15, 0.2) is 5.03 Å². The van der Waals surface area contributed by atoms with E-state index in [1.807, 2.05) is 6.92 Å². The maximum absolute atomic E-state index is 10.8. The number of aryl methyl sites for hydroxylation is 1. The maximum atomic E-state index is 10.8. The number of hydrogen-bond acceptors (Lipinski definition) is 7. The Labute approximate surface area is 129 Å². The van der Waals surface area contributed by atoms with Crippen LogP contribution in [-0.4, -0.2) is 14.9 Å². The van der Waals surface area contributed by atoms with Gasteiger partial charge in [0, 0.05) is 22.5 Å². The molecule has 0 aliphatic heterocycles. The minimum absolute atomic E-state index is 0.00862. The fourth-order valence-electron chi connectivity index (χ4n) is 1.52. The Kier molecular flexibility index (Phi) is 4.57. The van der Waals surface area contributed by atoms with Gasteiger partial charge in [0.2, 0.25) is 5.95 Å². The summed E-state index contributed by atoms with van der Waals surface area (Å²) in [7, 11) is 0. The Morgan fingerprint density at radius 1 is 1.52 bits per heavy atom. The molecule has 2 aromatic rings. The summed E-state index contributed by atoms with van der Waals surface area (Å²) in [4.78, 5) is 18.0. The summed E-state index contributed by atoms with van der Waals surface area (Å²) >= 11 is 6.54. The summed E-state index contributed by atoms with van der Waals surface area (Å²) in [5.74, 6) is 0.167. The van der Waals surface area contributed by atoms with Gasteiger partial charge >= 0.3 is 5.69 Å². The molecule has 106 valence electrons. The zero-order valence-electron chi connectivity index (χ0n) is 10.7. The molecule has 9 heteroatoms. The Hall–Kier alpha value is -2.37. The molecule has 0 fully saturated rings. The molecule has 0 saturated carbocycles. The molecule has 1 heterocycles. The molecule has 0 radical (unpaired) electrons. The molecule has 0 saturated heterocycles. The summed E-state index contributed by atoms with van der Waals surface area (Å²) in [6.07, 6.45) is 1.07. The quantitative estimate of drug-likeness (QED) is 0.301. The normalized spacial score (nSPS) is 9.95. The second-order valence-electron chi connectivity index (χ2n) is 3.92. The number of hydrogen-bond donors (Lipinski definition) is 1. The van der Waals surface area contributed by atoms with Crippen LogP contribution in [0.3, 0.4) is 0 Å². The van der Waals surface area contributed by atoms with Crippen molar-refractivity contribution in [1.82, 2.24) is 9.97 Å². The van der Waals surface area contributed by atoms with E-state index in [9.17, 15) is 10.1 Å². The largest absolute Gasteiger partial charge is 0.324 e. The van der Waals surface area contributed by atoms with Gasteiger partial charge in [-0.25, -0.2) is 4.98 Å². The third-order valence-corrected chi connectivity index (χ3v) is 3.50. The SMILES string of the molecule is Cc1cc(Nc2ncc([N+](=O)[O-])c(SC#N)n2)ccc1Cl. The van der Waals surface area contributed by atoms with Crippen LogP contribution in [-0.2, 0) is 0 Å². The number of benzene rings is 1. The first-order chi connectivity index (χ1) is 10.0. The van der Waals surface area contributed by atoms with Crippen molar-refractivity contribution in [3.63, 3.8) is 0 Å². The number of thiocyanates is 1. The van der Waals surface area contributed by atoms with Gasteiger partial charge in [-0.05, 0) is 30.7 Å². The minimum atomic E-state index is -0.629. The van der Waals surface area contributed by atoms with Crippen LogP contribution in [0, 0.1) is 27.7 Å². The molecule has 1 aromatic carbocycles. The Morgan fingerprint density at radius 3 is 2.90 bits per heavy atom. The van der Waals surface area contributed by atoms with Crippen molar-refractivity contribution in [3.05, 3.63) is 45.1 Å². The molecule has 0 amide bonds. The van der Waals surface area contributed by atoms with Crippen LogP contribution in [0.2, 0.25) is 5.02 Å². The van der Waals surface area contributed by atoms with Crippen LogP contribution in [0.15, 0.2) is 29.4 Å². The van der Waals surface area contributed by atoms with E-state index in [1.54, 1.807) is 23.6 Å². The number of nitriles is 1. The average molecular weight is 322 g/mol. The van der Waals surface area contributed by atoms with Crippen molar-refractivity contribution >= 4 is 40.7 Å². The highest BCUT2D eigenvalue weighted by Gasteiger charge is 2.18. The molecule has 2 rings (SSSR count). The third-order valence-electron chi connectivity index (χ3n) is 2.49. The second-order valence-corrected chi connectivity index (χ2v) is 5.10. The molecule has 7 nitrogen and oxygen atoms in total. The lowest BCUT2D eigenvalue weighted by Crippen LogP contribution is -2.01. The van der Waals surface area contributed by atoms with E-state index in [0.717, 1.165) is 11.8 Å². The van der Waals surface area contributed by atoms with Crippen LogP contribution < -0.4 is 5.32 Å². The highest BCUT2D eigenvalue weighted by molar-refractivity contribution is 8.03. The first-order valence-electron chi connectivity index (χ1n) is 5.62. The fourth-order valence-corrected chi connectivity index (χ4v) is 2.08. The van der Waals surface area contributed by atoms with Crippen molar-refractivity contribution in [2.75, 3.05) is 5.32 Å². The van der Waals surface area contributed by atoms with Gasteiger partial charge in [0.1, 0.15) is 11.6 Å². The van der Waals surface area contributed by atoms with Crippen molar-refractivity contribution in [1.29, 1.82) is 5.26 Å². The molecule has 1 aromatic heterocycles. The second kappa shape index (κ2) is 6.39. The van der Waals surface area contributed by atoms with Crippen LogP contribution in [0.25, 0.3) is 0 Å². The molecule has 0 bridgehead atoms. The van der Waals surface area contributed by atoms with Crippen LogP contribution in [0.4, 0.5) is 17.3 Å². The number of anilines is 2. The summed E-state index contributed by atoms with van der Waals surface area (Å²) in [5.41, 5.74) is 1.26. The predicted molar refractivity (Wildman–Crippen MR) is 79.6 cm³/mol. The standard InChI is InChI=1S/C12H8ClN5O2S/c1-7-4-8(2-3-9(7)13)16-12-15-5-10(18(19)20)11(17-12)21-6-14/h2-5H,1H3,(H,15,16,17). The van der Waals surface area contributed by atoms with E-state index in [4.69, 9.17) is 16.9 Å². The van der Waals surface area contributed by atoms with Crippen molar-refractivity contribution in [3.8, 4) is 5.40 Å². The minimum Gasteiger partial charge on any atom is -0.324 e. The third kappa shape index (κ3) is 3.59. The van der Waals surface area contributed by atoms with Crippen molar-refractivity contribution in [2.45, 2.75) is 11.9 Å². The van der Waals surface area contributed by atoms with Gasteiger partial charge in [0.25, 0.3) is 0 Å². The van der Waals surface area contributed by atoms with Crippen molar-refractivity contribution in [2.24, 2.45) is 0 Å². The number of rotatable bonds is 4. The molecule has 0 spiro atoms. The summed E-state index contributed by atoms with van der Waals surface area (Å²) in [5, 5.41) is 24.8. The zero-order valence-corrected chi connectivity index (χ0v) is 12.3. The zero-order chi connectivity index (χ0) is 15.4. The summed E-state index contributed by atoms with van der Waals surface area (Å²) in [6, 6.07) is 5.25. The first kappa shape index (κ1) is 15.0. The molecular weight excluding hydrogens is 314 g/mol. The average Bonchev–Trinajstić information content (AvgIpc) is 2.43. The number of nitrogens with zero attached hydrogens (tertiary/aromatic N) is 4. The Balaban J connectivity index is 2.32. The van der Waals surface area contributed by atoms with Gasteiger partial charge in [-0.15, -0.1) is 0 Å².